The highest BCUT2D eigenvalue weighted by molar-refractivity contribution is 5.89. The number of carbonyl (C=O) groups excluding carboxylic acids is 6. The summed E-state index contributed by atoms with van der Waals surface area (Å²) in [5, 5.41) is 12.5. The largest absolute Gasteiger partial charge is 0.466 e. The van der Waals surface area contributed by atoms with Gasteiger partial charge >= 0.3 is 35.8 Å². The van der Waals surface area contributed by atoms with Crippen molar-refractivity contribution in [3.63, 3.8) is 0 Å². The molecular formula is C29H40O13. The molecule has 13 nitrogen and oxygen atoms in total. The maximum atomic E-state index is 13.0. The molecule has 3 rings (SSSR count). The molecule has 0 radical (unpaired) electrons. The Balaban J connectivity index is 2.44. The first-order valence-electron chi connectivity index (χ1n) is 13.9. The zero-order valence-electron chi connectivity index (χ0n) is 25.2. The molecule has 1 saturated heterocycles. The van der Waals surface area contributed by atoms with Crippen LogP contribution in [-0.2, 0) is 57.2 Å². The molecule has 2 fully saturated rings. The summed E-state index contributed by atoms with van der Waals surface area (Å²) in [6.45, 7) is 9.50. The highest BCUT2D eigenvalue weighted by Gasteiger charge is 2.69. The van der Waals surface area contributed by atoms with Crippen molar-refractivity contribution in [3.8, 4) is 0 Å². The van der Waals surface area contributed by atoms with E-state index >= 15 is 0 Å². The summed E-state index contributed by atoms with van der Waals surface area (Å²) in [5.74, 6) is -7.40. The van der Waals surface area contributed by atoms with Crippen LogP contribution in [0.15, 0.2) is 11.6 Å². The van der Waals surface area contributed by atoms with Crippen molar-refractivity contribution < 1.29 is 62.3 Å². The predicted octanol–water partition coefficient (Wildman–Crippen LogP) is 1.56. The minimum absolute atomic E-state index is 0.00950. The number of rotatable bonds is 5. The SMILES string of the molecule is COC(=O)/C1=C\[C@@H]2OC(=O)[C@H](C)[C@@]2(O)[C@H](OC(C)=O)[C@H]2[C@@H](C)[C@H](OC(C)=O)C[C@H](OC(C)=O)[C@]2(C)[C@H](OC(C)=O)CC1. The first-order valence-corrected chi connectivity index (χ1v) is 13.9. The van der Waals surface area contributed by atoms with Gasteiger partial charge in [0.05, 0.1) is 13.0 Å². The van der Waals surface area contributed by atoms with Crippen LogP contribution in [0.2, 0.25) is 0 Å². The van der Waals surface area contributed by atoms with Gasteiger partial charge in [-0.2, -0.15) is 0 Å². The van der Waals surface area contributed by atoms with Gasteiger partial charge < -0.3 is 33.5 Å². The standard InChI is InChI=1S/C29H40O13/c1-13-20(38-15(3)30)12-22(40-17(5)32)28(7)21(39-16(4)31)10-9-19(27(35)37-8)11-23-29(36,14(2)26(34)42-23)25(24(13)28)41-18(6)33/h11,13-14,20-25,36H,9-10,12H2,1-8H3/b19-11-/t13-,14-,20+,21+,22-,23-,24+,25+,28-,29-/m0/s1. The summed E-state index contributed by atoms with van der Waals surface area (Å²) in [5.41, 5.74) is -3.66. The molecule has 1 aliphatic heterocycles. The lowest BCUT2D eigenvalue weighted by molar-refractivity contribution is -0.252. The lowest BCUT2D eigenvalue weighted by Gasteiger charge is -2.58. The zero-order chi connectivity index (χ0) is 31.7. The molecule has 0 unspecified atom stereocenters. The molecule has 1 N–H and O–H groups in total. The van der Waals surface area contributed by atoms with Crippen molar-refractivity contribution in [2.75, 3.05) is 7.11 Å². The van der Waals surface area contributed by atoms with E-state index in [2.05, 4.69) is 0 Å². The van der Waals surface area contributed by atoms with E-state index in [9.17, 15) is 33.9 Å². The topological polar surface area (TPSA) is 178 Å². The van der Waals surface area contributed by atoms with E-state index in [1.54, 1.807) is 13.8 Å². The van der Waals surface area contributed by atoms with Crippen LogP contribution in [0, 0.1) is 23.2 Å². The Morgan fingerprint density at radius 2 is 1.45 bits per heavy atom. The molecule has 13 heteroatoms. The van der Waals surface area contributed by atoms with Gasteiger partial charge in [0, 0.05) is 56.9 Å². The number of carbonyl (C=O) groups is 6. The third-order valence-electron chi connectivity index (χ3n) is 8.94. The van der Waals surface area contributed by atoms with Gasteiger partial charge in [0.2, 0.25) is 0 Å². The van der Waals surface area contributed by atoms with Crippen LogP contribution in [0.1, 0.15) is 67.7 Å². The normalized spacial score (nSPS) is 39.2. The second-order valence-corrected chi connectivity index (χ2v) is 11.5. The van der Waals surface area contributed by atoms with E-state index in [0.29, 0.717) is 0 Å². The Hall–Kier alpha value is -3.48. The molecule has 0 aromatic carbocycles. The number of esters is 6. The first-order chi connectivity index (χ1) is 19.5. The molecular weight excluding hydrogens is 556 g/mol. The Morgan fingerprint density at radius 1 is 0.905 bits per heavy atom. The van der Waals surface area contributed by atoms with Crippen molar-refractivity contribution >= 4 is 35.8 Å². The van der Waals surface area contributed by atoms with Crippen LogP contribution in [0.25, 0.3) is 0 Å². The van der Waals surface area contributed by atoms with Gasteiger partial charge in [-0.1, -0.05) is 13.8 Å². The molecule has 0 bridgehead atoms. The van der Waals surface area contributed by atoms with Crippen molar-refractivity contribution in [2.24, 2.45) is 23.2 Å². The number of ether oxygens (including phenoxy) is 6. The third-order valence-corrected chi connectivity index (χ3v) is 8.94. The Bertz CT molecular complexity index is 1160. The summed E-state index contributed by atoms with van der Waals surface area (Å²) in [4.78, 5) is 75.5. The monoisotopic (exact) mass is 596 g/mol. The number of methoxy groups -OCH3 is 1. The molecule has 0 amide bonds. The van der Waals surface area contributed by atoms with Gasteiger partial charge in [-0.05, 0) is 25.8 Å². The van der Waals surface area contributed by atoms with Gasteiger partial charge in [-0.25, -0.2) is 4.79 Å². The summed E-state index contributed by atoms with van der Waals surface area (Å²) in [6.07, 6.45) is -4.86. The lowest BCUT2D eigenvalue weighted by Crippen LogP contribution is -2.69. The maximum Gasteiger partial charge on any atom is 0.333 e. The molecule has 1 heterocycles. The third kappa shape index (κ3) is 6.02. The van der Waals surface area contributed by atoms with Gasteiger partial charge in [0.15, 0.2) is 11.7 Å². The number of hydrogen-bond donors (Lipinski definition) is 1. The van der Waals surface area contributed by atoms with Crippen molar-refractivity contribution in [1.82, 2.24) is 0 Å². The quantitative estimate of drug-likeness (QED) is 0.357. The molecule has 10 atom stereocenters. The highest BCUT2D eigenvalue weighted by Crippen LogP contribution is 2.57. The van der Waals surface area contributed by atoms with Gasteiger partial charge in [-0.15, -0.1) is 0 Å². The fraction of sp³-hybridized carbons (Fsp3) is 0.724. The average molecular weight is 597 g/mol. The first kappa shape index (κ1) is 33.0. The highest BCUT2D eigenvalue weighted by atomic mass is 16.6. The molecule has 0 spiro atoms. The van der Waals surface area contributed by atoms with Gasteiger partial charge in [-0.3, -0.25) is 24.0 Å². The molecule has 2 aliphatic carbocycles. The predicted molar refractivity (Wildman–Crippen MR) is 141 cm³/mol. The van der Waals surface area contributed by atoms with Crippen LogP contribution in [0.4, 0.5) is 0 Å². The fourth-order valence-electron chi connectivity index (χ4n) is 6.98. The average Bonchev–Trinajstić information content (AvgIpc) is 3.09. The molecule has 0 aromatic rings. The van der Waals surface area contributed by atoms with Crippen LogP contribution in [0.3, 0.4) is 0 Å². The second-order valence-electron chi connectivity index (χ2n) is 11.5. The molecule has 234 valence electrons. The summed E-state index contributed by atoms with van der Waals surface area (Å²) >= 11 is 0. The smallest absolute Gasteiger partial charge is 0.333 e. The molecule has 1 saturated carbocycles. The van der Waals surface area contributed by atoms with Gasteiger partial charge in [0.1, 0.15) is 24.4 Å². The van der Waals surface area contributed by atoms with E-state index in [4.69, 9.17) is 28.4 Å². The zero-order valence-corrected chi connectivity index (χ0v) is 25.2. The van der Waals surface area contributed by atoms with E-state index in [-0.39, 0.29) is 24.8 Å². The fourth-order valence-corrected chi connectivity index (χ4v) is 6.98. The van der Waals surface area contributed by atoms with Crippen molar-refractivity contribution in [3.05, 3.63) is 11.6 Å². The number of hydrogen-bond acceptors (Lipinski definition) is 13. The van der Waals surface area contributed by atoms with E-state index in [1.165, 1.54) is 33.8 Å². The minimum atomic E-state index is -2.26. The van der Waals surface area contributed by atoms with Crippen LogP contribution < -0.4 is 0 Å². The Morgan fingerprint density at radius 3 is 1.98 bits per heavy atom. The summed E-state index contributed by atoms with van der Waals surface area (Å²) < 4.78 is 33.6. The number of fused-ring (bicyclic) bond motifs is 2. The van der Waals surface area contributed by atoms with E-state index in [0.717, 1.165) is 14.0 Å². The van der Waals surface area contributed by atoms with E-state index in [1.807, 2.05) is 0 Å². The lowest BCUT2D eigenvalue weighted by atomic mass is 9.52. The van der Waals surface area contributed by atoms with Gasteiger partial charge in [0.25, 0.3) is 0 Å². The van der Waals surface area contributed by atoms with Crippen LogP contribution >= 0.6 is 0 Å². The minimum Gasteiger partial charge on any atom is -0.466 e. The maximum absolute atomic E-state index is 13.0. The van der Waals surface area contributed by atoms with E-state index < -0.39 is 95.1 Å². The summed E-state index contributed by atoms with van der Waals surface area (Å²) in [7, 11) is 1.16. The molecule has 0 aromatic heterocycles. The Kier molecular flexibility index (Phi) is 9.75. The Labute approximate surface area is 244 Å². The molecule has 3 aliphatic rings. The van der Waals surface area contributed by atoms with Crippen LogP contribution in [0.5, 0.6) is 0 Å². The van der Waals surface area contributed by atoms with Crippen molar-refractivity contribution in [1.29, 1.82) is 0 Å². The second kappa shape index (κ2) is 12.4. The molecule has 42 heavy (non-hydrogen) atoms. The number of aliphatic hydroxyl groups is 1. The van der Waals surface area contributed by atoms with Crippen molar-refractivity contribution in [2.45, 2.75) is 104 Å². The summed E-state index contributed by atoms with van der Waals surface area (Å²) in [6, 6.07) is 0. The van der Waals surface area contributed by atoms with Crippen LogP contribution in [-0.4, -0.2) is 84.2 Å².